The van der Waals surface area contributed by atoms with E-state index in [1.165, 1.54) is 0 Å². The zero-order chi connectivity index (χ0) is 10.8. The van der Waals surface area contributed by atoms with Gasteiger partial charge in [0.15, 0.2) is 0 Å². The lowest BCUT2D eigenvalue weighted by atomic mass is 10.2. The van der Waals surface area contributed by atoms with Crippen molar-refractivity contribution in [3.63, 3.8) is 0 Å². The molecule has 1 saturated heterocycles. The molecule has 2 heterocycles. The molecular formula is C10H19N5. The van der Waals surface area contributed by atoms with Crippen LogP contribution in [0.15, 0.2) is 6.20 Å². The zero-order valence-electron chi connectivity index (χ0n) is 9.40. The topological polar surface area (TPSA) is 61.2 Å². The first-order valence-corrected chi connectivity index (χ1v) is 5.33. The normalized spacial score (nSPS) is 24.6. The summed E-state index contributed by atoms with van der Waals surface area (Å²) in [6, 6.07) is 0.365. The molecule has 0 aliphatic carbocycles. The predicted molar refractivity (Wildman–Crippen MR) is 59.3 cm³/mol. The van der Waals surface area contributed by atoms with Gasteiger partial charge in [-0.1, -0.05) is 0 Å². The number of hydrogen-bond donors (Lipinski definition) is 2. The van der Waals surface area contributed by atoms with Crippen molar-refractivity contribution >= 4 is 0 Å². The molecule has 5 nitrogen and oxygen atoms in total. The van der Waals surface area contributed by atoms with E-state index in [1.807, 2.05) is 6.20 Å². The number of nitrogens with one attached hydrogen (secondary N) is 1. The molecule has 1 aromatic rings. The van der Waals surface area contributed by atoms with Crippen molar-refractivity contribution in [2.75, 3.05) is 33.7 Å². The van der Waals surface area contributed by atoms with E-state index in [0.717, 1.165) is 31.2 Å². The molecule has 1 fully saturated rings. The van der Waals surface area contributed by atoms with Gasteiger partial charge in [-0.15, -0.1) is 0 Å². The third-order valence-electron chi connectivity index (χ3n) is 3.03. The first-order chi connectivity index (χ1) is 7.20. The maximum Gasteiger partial charge on any atom is 0.125 e. The van der Waals surface area contributed by atoms with Gasteiger partial charge in [0.1, 0.15) is 5.82 Å². The second-order valence-corrected chi connectivity index (χ2v) is 4.26. The highest BCUT2D eigenvalue weighted by molar-refractivity contribution is 5.06. The molecule has 2 rings (SSSR count). The van der Waals surface area contributed by atoms with Gasteiger partial charge in [0.25, 0.3) is 0 Å². The fraction of sp³-hybridized carbons (Fsp3) is 0.700. The van der Waals surface area contributed by atoms with Crippen LogP contribution in [0.3, 0.4) is 0 Å². The van der Waals surface area contributed by atoms with Gasteiger partial charge in [-0.3, -0.25) is 4.90 Å². The van der Waals surface area contributed by atoms with Gasteiger partial charge in [0, 0.05) is 38.1 Å². The lowest BCUT2D eigenvalue weighted by molar-refractivity contribution is 0.110. The molecule has 0 aromatic carbocycles. The summed E-state index contributed by atoms with van der Waals surface area (Å²) in [6.45, 7) is 3.75. The van der Waals surface area contributed by atoms with Crippen LogP contribution in [0.2, 0.25) is 0 Å². The Labute approximate surface area is 90.3 Å². The highest BCUT2D eigenvalue weighted by Crippen LogP contribution is 2.20. The lowest BCUT2D eigenvalue weighted by Gasteiger charge is -2.36. The van der Waals surface area contributed by atoms with Crippen molar-refractivity contribution < 1.29 is 0 Å². The number of hydrogen-bond acceptors (Lipinski definition) is 4. The maximum atomic E-state index is 5.56. The number of H-pyrrole nitrogens is 1. The van der Waals surface area contributed by atoms with Crippen LogP contribution in [0.25, 0.3) is 0 Å². The summed E-state index contributed by atoms with van der Waals surface area (Å²) in [5.41, 5.74) is 6.57. The van der Waals surface area contributed by atoms with Gasteiger partial charge < -0.3 is 15.6 Å². The summed E-state index contributed by atoms with van der Waals surface area (Å²) in [5, 5.41) is 0. The molecule has 1 unspecified atom stereocenters. The zero-order valence-corrected chi connectivity index (χ0v) is 9.40. The number of nitrogens with zero attached hydrogens (tertiary/aromatic N) is 3. The van der Waals surface area contributed by atoms with E-state index in [-0.39, 0.29) is 0 Å². The van der Waals surface area contributed by atoms with Crippen molar-refractivity contribution in [1.29, 1.82) is 0 Å². The van der Waals surface area contributed by atoms with Gasteiger partial charge in [0.2, 0.25) is 0 Å². The van der Waals surface area contributed by atoms with E-state index < -0.39 is 0 Å². The Morgan fingerprint density at radius 1 is 1.53 bits per heavy atom. The van der Waals surface area contributed by atoms with Crippen LogP contribution in [0.4, 0.5) is 0 Å². The Morgan fingerprint density at radius 3 is 3.00 bits per heavy atom. The molecule has 0 amide bonds. The molecule has 15 heavy (non-hydrogen) atoms. The van der Waals surface area contributed by atoms with Crippen LogP contribution >= 0.6 is 0 Å². The second-order valence-electron chi connectivity index (χ2n) is 4.26. The van der Waals surface area contributed by atoms with Crippen molar-refractivity contribution in [2.45, 2.75) is 12.6 Å². The second kappa shape index (κ2) is 4.30. The quantitative estimate of drug-likeness (QED) is 0.707. The summed E-state index contributed by atoms with van der Waals surface area (Å²) in [7, 11) is 4.29. The predicted octanol–water partition coefficient (Wildman–Crippen LogP) is -0.213. The highest BCUT2D eigenvalue weighted by atomic mass is 15.3. The lowest BCUT2D eigenvalue weighted by Crippen LogP contribution is -2.45. The number of imidazole rings is 1. The number of aromatic nitrogens is 2. The number of nitrogens with two attached hydrogens (primary N) is 1. The van der Waals surface area contributed by atoms with Crippen molar-refractivity contribution in [3.05, 3.63) is 17.7 Å². The summed E-state index contributed by atoms with van der Waals surface area (Å²) >= 11 is 0. The number of rotatable bonds is 2. The van der Waals surface area contributed by atoms with E-state index >= 15 is 0 Å². The standard InChI is InChI=1S/C10H19N5/c1-14-3-4-15(2)9(7-14)10-12-6-8(5-11)13-10/h6,9H,3-5,7,11H2,1-2H3,(H,12,13). The van der Waals surface area contributed by atoms with E-state index in [9.17, 15) is 0 Å². The van der Waals surface area contributed by atoms with Gasteiger partial charge >= 0.3 is 0 Å². The van der Waals surface area contributed by atoms with E-state index in [0.29, 0.717) is 12.6 Å². The van der Waals surface area contributed by atoms with Crippen molar-refractivity contribution in [1.82, 2.24) is 19.8 Å². The highest BCUT2D eigenvalue weighted by Gasteiger charge is 2.25. The number of aromatic amines is 1. The molecule has 3 N–H and O–H groups in total. The van der Waals surface area contributed by atoms with E-state index in [2.05, 4.69) is 33.9 Å². The Hall–Kier alpha value is -0.910. The Kier molecular flexibility index (Phi) is 3.04. The molecule has 0 radical (unpaired) electrons. The average molecular weight is 209 g/mol. The SMILES string of the molecule is CN1CCN(C)C(c2ncc(CN)[nH]2)C1. The molecule has 5 heteroatoms. The van der Waals surface area contributed by atoms with Crippen LogP contribution in [-0.4, -0.2) is 53.5 Å². The van der Waals surface area contributed by atoms with Crippen LogP contribution in [-0.2, 0) is 6.54 Å². The van der Waals surface area contributed by atoms with Gasteiger partial charge in [-0.05, 0) is 14.1 Å². The van der Waals surface area contributed by atoms with Crippen molar-refractivity contribution in [3.8, 4) is 0 Å². The average Bonchev–Trinajstić information content (AvgIpc) is 2.70. The van der Waals surface area contributed by atoms with Crippen molar-refractivity contribution in [2.24, 2.45) is 5.73 Å². The monoisotopic (exact) mass is 209 g/mol. The first kappa shape index (κ1) is 10.6. The Morgan fingerprint density at radius 2 is 2.33 bits per heavy atom. The Bertz CT molecular complexity index is 321. The molecule has 1 aliphatic heterocycles. The molecule has 0 saturated carbocycles. The molecule has 84 valence electrons. The van der Waals surface area contributed by atoms with E-state index in [4.69, 9.17) is 5.73 Å². The molecule has 1 atom stereocenters. The fourth-order valence-corrected chi connectivity index (χ4v) is 1.95. The molecular weight excluding hydrogens is 190 g/mol. The molecule has 0 spiro atoms. The minimum absolute atomic E-state index is 0.365. The van der Waals surface area contributed by atoms with E-state index in [1.54, 1.807) is 0 Å². The van der Waals surface area contributed by atoms with Crippen LogP contribution in [0, 0.1) is 0 Å². The minimum Gasteiger partial charge on any atom is -0.343 e. The summed E-state index contributed by atoms with van der Waals surface area (Å²) in [5.74, 6) is 1.03. The van der Waals surface area contributed by atoms with Crippen LogP contribution in [0.1, 0.15) is 17.6 Å². The first-order valence-electron chi connectivity index (χ1n) is 5.33. The molecule has 0 bridgehead atoms. The van der Waals surface area contributed by atoms with Crippen LogP contribution in [0.5, 0.6) is 0 Å². The Balaban J connectivity index is 2.13. The van der Waals surface area contributed by atoms with Gasteiger partial charge in [0.05, 0.1) is 6.04 Å². The summed E-state index contributed by atoms with van der Waals surface area (Å²) in [6.07, 6.45) is 1.83. The number of likely N-dealkylation sites (N-methyl/N-ethyl adjacent to an activating group) is 2. The minimum atomic E-state index is 0.365. The maximum absolute atomic E-state index is 5.56. The van der Waals surface area contributed by atoms with Crippen LogP contribution < -0.4 is 5.73 Å². The third kappa shape index (κ3) is 2.19. The molecule has 1 aromatic heterocycles. The van der Waals surface area contributed by atoms with Gasteiger partial charge in [-0.2, -0.15) is 0 Å². The fourth-order valence-electron chi connectivity index (χ4n) is 1.95. The van der Waals surface area contributed by atoms with Gasteiger partial charge in [-0.25, -0.2) is 4.98 Å². The summed E-state index contributed by atoms with van der Waals surface area (Å²) < 4.78 is 0. The smallest absolute Gasteiger partial charge is 0.125 e. The molecule has 1 aliphatic rings. The number of piperazine rings is 1. The third-order valence-corrected chi connectivity index (χ3v) is 3.03. The summed E-state index contributed by atoms with van der Waals surface area (Å²) in [4.78, 5) is 12.3. The largest absolute Gasteiger partial charge is 0.343 e.